The van der Waals surface area contributed by atoms with Crippen molar-refractivity contribution in [1.82, 2.24) is 14.6 Å². The molecule has 7 heteroatoms. The molecule has 6 nitrogen and oxygen atoms in total. The summed E-state index contributed by atoms with van der Waals surface area (Å²) >= 11 is 1.45. The number of carbonyl (C=O) groups is 1. The Labute approximate surface area is 178 Å². The van der Waals surface area contributed by atoms with Gasteiger partial charge >= 0.3 is 0 Å². The predicted octanol–water partition coefficient (Wildman–Crippen LogP) is 3.73. The maximum Gasteiger partial charge on any atom is 0.258 e. The van der Waals surface area contributed by atoms with Crippen LogP contribution in [0.15, 0.2) is 82.7 Å². The lowest BCUT2D eigenvalue weighted by Crippen LogP contribution is -2.42. The van der Waals surface area contributed by atoms with Crippen LogP contribution < -0.4 is 5.73 Å². The van der Waals surface area contributed by atoms with Crippen LogP contribution in [0.3, 0.4) is 0 Å². The van der Waals surface area contributed by atoms with Gasteiger partial charge in [0.25, 0.3) is 5.91 Å². The fraction of sp³-hybridized carbons (Fsp3) is 0.174. The molecule has 0 radical (unpaired) electrons. The number of aliphatic hydroxyl groups is 1. The summed E-state index contributed by atoms with van der Waals surface area (Å²) in [7, 11) is 0. The third kappa shape index (κ3) is 3.46. The molecule has 0 aliphatic carbocycles. The van der Waals surface area contributed by atoms with E-state index in [1.165, 1.54) is 11.8 Å². The van der Waals surface area contributed by atoms with Gasteiger partial charge in [0.1, 0.15) is 5.82 Å². The Morgan fingerprint density at radius 1 is 1.03 bits per heavy atom. The fourth-order valence-electron chi connectivity index (χ4n) is 3.43. The fourth-order valence-corrected chi connectivity index (χ4v) is 4.45. The van der Waals surface area contributed by atoms with E-state index in [4.69, 9.17) is 5.73 Å². The van der Waals surface area contributed by atoms with Gasteiger partial charge < -0.3 is 10.8 Å². The van der Waals surface area contributed by atoms with Gasteiger partial charge in [-0.2, -0.15) is 0 Å². The van der Waals surface area contributed by atoms with Gasteiger partial charge in [0.15, 0.2) is 11.2 Å². The van der Waals surface area contributed by atoms with Crippen LogP contribution in [0, 0.1) is 0 Å². The molecule has 0 aliphatic rings. The van der Waals surface area contributed by atoms with Gasteiger partial charge in [-0.25, -0.2) is 0 Å². The second-order valence-corrected chi connectivity index (χ2v) is 8.46. The molecule has 4 rings (SSSR count). The van der Waals surface area contributed by atoms with Crippen LogP contribution in [0.25, 0.3) is 5.65 Å². The van der Waals surface area contributed by atoms with Gasteiger partial charge in [0, 0.05) is 27.5 Å². The minimum atomic E-state index is -1.94. The van der Waals surface area contributed by atoms with Gasteiger partial charge in [0.2, 0.25) is 0 Å². The molecule has 0 spiro atoms. The van der Waals surface area contributed by atoms with E-state index in [1.54, 1.807) is 36.4 Å². The molecular formula is C23H22N4O2S. The van der Waals surface area contributed by atoms with Gasteiger partial charge in [-0.3, -0.25) is 9.20 Å². The van der Waals surface area contributed by atoms with Crippen LogP contribution in [-0.2, 0) is 10.4 Å². The van der Waals surface area contributed by atoms with Gasteiger partial charge in [-0.1, -0.05) is 74.1 Å². The van der Waals surface area contributed by atoms with Crippen molar-refractivity contribution in [3.8, 4) is 0 Å². The molecule has 0 aliphatic heterocycles. The minimum absolute atomic E-state index is 0.227. The van der Waals surface area contributed by atoms with E-state index >= 15 is 0 Å². The molecule has 3 N–H and O–H groups in total. The molecule has 1 atom stereocenters. The molecule has 1 amide bonds. The van der Waals surface area contributed by atoms with Crippen molar-refractivity contribution in [3.63, 3.8) is 0 Å². The first-order valence-corrected chi connectivity index (χ1v) is 10.4. The number of amides is 1. The summed E-state index contributed by atoms with van der Waals surface area (Å²) in [5.74, 6) is 0.280. The number of nitrogens with two attached hydrogens (primary N) is 1. The van der Waals surface area contributed by atoms with E-state index in [2.05, 4.69) is 24.0 Å². The summed E-state index contributed by atoms with van der Waals surface area (Å²) in [5.41, 5.74) is 5.41. The highest BCUT2D eigenvalue weighted by Gasteiger charge is 2.39. The molecule has 4 aromatic rings. The molecule has 0 saturated carbocycles. The second kappa shape index (κ2) is 7.93. The Morgan fingerprint density at radius 3 is 2.43 bits per heavy atom. The second-order valence-electron chi connectivity index (χ2n) is 7.34. The number of rotatable bonds is 6. The van der Waals surface area contributed by atoms with Crippen molar-refractivity contribution in [1.29, 1.82) is 0 Å². The lowest BCUT2D eigenvalue weighted by atomic mass is 9.85. The van der Waals surface area contributed by atoms with Crippen LogP contribution in [-0.4, -0.2) is 25.6 Å². The van der Waals surface area contributed by atoms with Crippen LogP contribution in [0.1, 0.15) is 36.7 Å². The smallest absolute Gasteiger partial charge is 0.258 e. The number of nitrogens with zero attached hydrogens (tertiary/aromatic N) is 3. The van der Waals surface area contributed by atoms with Crippen molar-refractivity contribution >= 4 is 23.3 Å². The van der Waals surface area contributed by atoms with E-state index in [0.29, 0.717) is 11.1 Å². The number of pyridine rings is 1. The highest BCUT2D eigenvalue weighted by atomic mass is 32.2. The van der Waals surface area contributed by atoms with E-state index in [9.17, 15) is 9.90 Å². The molecule has 2 heterocycles. The molecule has 0 bridgehead atoms. The third-order valence-electron chi connectivity index (χ3n) is 4.97. The quantitative estimate of drug-likeness (QED) is 0.498. The van der Waals surface area contributed by atoms with Crippen LogP contribution >= 0.6 is 11.8 Å². The van der Waals surface area contributed by atoms with E-state index < -0.39 is 11.5 Å². The summed E-state index contributed by atoms with van der Waals surface area (Å²) < 4.78 is 1.97. The van der Waals surface area contributed by atoms with Crippen LogP contribution in [0.5, 0.6) is 0 Å². The number of primary amides is 1. The Morgan fingerprint density at radius 2 is 1.73 bits per heavy atom. The SMILES string of the molecule is CC(C)c1nnc2ccc(Sc3ccccc3C(O)(C(N)=O)c3ccccc3)cn12. The predicted molar refractivity (Wildman–Crippen MR) is 116 cm³/mol. The Bertz CT molecular complexity index is 1210. The highest BCUT2D eigenvalue weighted by molar-refractivity contribution is 7.99. The summed E-state index contributed by atoms with van der Waals surface area (Å²) in [6.45, 7) is 4.14. The maximum absolute atomic E-state index is 12.4. The first kappa shape index (κ1) is 20.1. The largest absolute Gasteiger partial charge is 0.372 e. The summed E-state index contributed by atoms with van der Waals surface area (Å²) in [4.78, 5) is 14.1. The van der Waals surface area contributed by atoms with E-state index in [1.807, 2.05) is 40.9 Å². The topological polar surface area (TPSA) is 93.5 Å². The molecular weight excluding hydrogens is 396 g/mol. The third-order valence-corrected chi connectivity index (χ3v) is 6.02. The zero-order valence-corrected chi connectivity index (χ0v) is 17.5. The van der Waals surface area contributed by atoms with Crippen molar-refractivity contribution in [2.45, 2.75) is 35.2 Å². The van der Waals surface area contributed by atoms with Crippen molar-refractivity contribution in [2.75, 3.05) is 0 Å². The average Bonchev–Trinajstić information content (AvgIpc) is 3.17. The Kier molecular flexibility index (Phi) is 5.32. The first-order chi connectivity index (χ1) is 14.4. The lowest BCUT2D eigenvalue weighted by Gasteiger charge is -2.27. The van der Waals surface area contributed by atoms with Crippen molar-refractivity contribution in [3.05, 3.63) is 89.9 Å². The van der Waals surface area contributed by atoms with Gasteiger partial charge in [-0.15, -0.1) is 10.2 Å². The highest BCUT2D eigenvalue weighted by Crippen LogP contribution is 2.39. The van der Waals surface area contributed by atoms with Crippen molar-refractivity contribution < 1.29 is 9.90 Å². The molecule has 2 aromatic carbocycles. The number of carbonyl (C=O) groups excluding carboxylic acids is 1. The summed E-state index contributed by atoms with van der Waals surface area (Å²) in [6, 6.07) is 19.9. The Hall–Kier alpha value is -3.16. The average molecular weight is 419 g/mol. The van der Waals surface area contributed by atoms with E-state index in [0.717, 1.165) is 21.3 Å². The van der Waals surface area contributed by atoms with E-state index in [-0.39, 0.29) is 5.92 Å². The normalized spacial score (nSPS) is 13.5. The first-order valence-electron chi connectivity index (χ1n) is 9.61. The minimum Gasteiger partial charge on any atom is -0.372 e. The zero-order chi connectivity index (χ0) is 21.3. The summed E-state index contributed by atoms with van der Waals surface area (Å²) in [5, 5.41) is 19.9. The lowest BCUT2D eigenvalue weighted by molar-refractivity contribution is -0.133. The summed E-state index contributed by atoms with van der Waals surface area (Å²) in [6.07, 6.45) is 1.97. The van der Waals surface area contributed by atoms with Gasteiger partial charge in [0.05, 0.1) is 0 Å². The molecule has 2 aromatic heterocycles. The number of hydrogen-bond donors (Lipinski definition) is 2. The molecule has 1 unspecified atom stereocenters. The standard InChI is InChI=1S/C23H22N4O2S/c1-15(2)21-26-25-20-13-12-17(14-27(20)21)30-19-11-7-6-10-18(19)23(29,22(24)28)16-8-4-3-5-9-16/h3-15,29H,1-2H3,(H2,24,28). The molecule has 0 fully saturated rings. The Balaban J connectivity index is 1.80. The molecule has 30 heavy (non-hydrogen) atoms. The van der Waals surface area contributed by atoms with Crippen molar-refractivity contribution in [2.24, 2.45) is 5.73 Å². The monoisotopic (exact) mass is 418 g/mol. The van der Waals surface area contributed by atoms with Gasteiger partial charge in [-0.05, 0) is 23.8 Å². The number of benzene rings is 2. The maximum atomic E-state index is 12.4. The number of aromatic nitrogens is 3. The number of fused-ring (bicyclic) bond motifs is 1. The van der Waals surface area contributed by atoms with Crippen LogP contribution in [0.4, 0.5) is 0 Å². The van der Waals surface area contributed by atoms with Crippen LogP contribution in [0.2, 0.25) is 0 Å². The number of hydrogen-bond acceptors (Lipinski definition) is 5. The zero-order valence-electron chi connectivity index (χ0n) is 16.7. The molecule has 0 saturated heterocycles. The molecule has 152 valence electrons.